The number of nitro groups is 1. The zero-order valence-electron chi connectivity index (χ0n) is 29.7. The number of anilines is 1. The van der Waals surface area contributed by atoms with Gasteiger partial charge in [-0.25, -0.2) is 4.63 Å². The van der Waals surface area contributed by atoms with Gasteiger partial charge in [-0.05, 0) is 78.7 Å². The smallest absolute Gasteiger partial charge is 0.320 e. The monoisotopic (exact) mass is 677 g/mol. The number of nitrogens with zero attached hydrogens (tertiary/aromatic N) is 7. The molecule has 2 aromatic rings. The summed E-state index contributed by atoms with van der Waals surface area (Å²) in [5, 5.41) is 19.4. The highest BCUT2D eigenvalue weighted by atomic mass is 16.6. The Kier molecular flexibility index (Phi) is 12.9. The number of carbonyl (C=O) groups is 3. The first kappa shape index (κ1) is 38.6. The van der Waals surface area contributed by atoms with E-state index < -0.39 is 21.7 Å². The Morgan fingerprint density at radius 2 is 1.02 bits per heavy atom. The lowest BCUT2D eigenvalue weighted by atomic mass is 10.2. The van der Waals surface area contributed by atoms with Crippen molar-refractivity contribution in [3.8, 4) is 0 Å². The highest BCUT2D eigenvalue weighted by Gasteiger charge is 2.27. The molecule has 0 N–H and O–H groups in total. The number of esters is 3. The number of non-ortho nitro benzene ring substituents is 1. The highest BCUT2D eigenvalue weighted by Crippen LogP contribution is 2.31. The van der Waals surface area contributed by atoms with Crippen LogP contribution in [-0.4, -0.2) is 137 Å². The molecule has 1 saturated heterocycles. The molecule has 1 aliphatic rings. The van der Waals surface area contributed by atoms with Crippen LogP contribution in [0.4, 0.5) is 11.4 Å². The predicted octanol–water partition coefficient (Wildman–Crippen LogP) is 2.88. The van der Waals surface area contributed by atoms with Gasteiger partial charge in [-0.3, -0.25) is 39.2 Å². The van der Waals surface area contributed by atoms with Crippen molar-refractivity contribution in [3.63, 3.8) is 0 Å². The SMILES string of the molecule is CC(C)(C)OC(=O)CN1CCN(CC(=O)OC(C)(C)C)CCN(c2ccc([N+](=O)[O-])c3nonc23)CCN(CC(=O)OC(C)(C)C)CC1. The van der Waals surface area contributed by atoms with E-state index in [-0.39, 0.29) is 54.3 Å². The first-order valence-electron chi connectivity index (χ1n) is 16.2. The number of fused-ring (bicyclic) bond motifs is 1. The molecule has 16 heteroatoms. The van der Waals surface area contributed by atoms with E-state index in [1.807, 2.05) is 40.4 Å². The molecule has 0 unspecified atom stereocenters. The van der Waals surface area contributed by atoms with Crippen molar-refractivity contribution in [2.75, 3.05) is 76.9 Å². The van der Waals surface area contributed by atoms with Crippen molar-refractivity contribution in [3.05, 3.63) is 22.2 Å². The molecule has 0 aliphatic carbocycles. The van der Waals surface area contributed by atoms with E-state index in [1.54, 1.807) is 47.6 Å². The average molecular weight is 678 g/mol. The molecule has 0 radical (unpaired) electrons. The second-order valence-corrected chi connectivity index (χ2v) is 14.9. The number of hydrogen-bond donors (Lipinski definition) is 0. The van der Waals surface area contributed by atoms with E-state index in [4.69, 9.17) is 18.8 Å². The van der Waals surface area contributed by atoms with Crippen LogP contribution in [0, 0.1) is 10.1 Å². The van der Waals surface area contributed by atoms with Gasteiger partial charge in [-0.1, -0.05) is 0 Å². The van der Waals surface area contributed by atoms with Crippen molar-refractivity contribution in [1.29, 1.82) is 0 Å². The zero-order chi connectivity index (χ0) is 35.9. The van der Waals surface area contributed by atoms with Crippen LogP contribution in [0.1, 0.15) is 62.3 Å². The highest BCUT2D eigenvalue weighted by molar-refractivity contribution is 5.93. The molecule has 1 aromatic carbocycles. The number of aromatic nitrogens is 2. The zero-order valence-corrected chi connectivity index (χ0v) is 29.7. The molecular formula is C32H51N7O9. The molecule has 1 fully saturated rings. The molecule has 16 nitrogen and oxygen atoms in total. The van der Waals surface area contributed by atoms with Crippen LogP contribution in [0.3, 0.4) is 0 Å². The Hall–Kier alpha value is -3.89. The fourth-order valence-corrected chi connectivity index (χ4v) is 5.16. The van der Waals surface area contributed by atoms with Crippen LogP contribution in [0.25, 0.3) is 11.0 Å². The molecule has 0 atom stereocenters. The molecular weight excluding hydrogens is 626 g/mol. The van der Waals surface area contributed by atoms with Gasteiger partial charge in [0.2, 0.25) is 5.52 Å². The van der Waals surface area contributed by atoms with Gasteiger partial charge in [0.1, 0.15) is 16.8 Å². The van der Waals surface area contributed by atoms with Gasteiger partial charge >= 0.3 is 23.6 Å². The Bertz CT molecular complexity index is 1380. The van der Waals surface area contributed by atoms with Gasteiger partial charge < -0.3 is 19.1 Å². The Balaban J connectivity index is 1.95. The van der Waals surface area contributed by atoms with Crippen LogP contribution in [0.5, 0.6) is 0 Å². The van der Waals surface area contributed by atoms with Gasteiger partial charge in [0.15, 0.2) is 5.52 Å². The first-order chi connectivity index (χ1) is 22.2. The minimum atomic E-state index is -0.666. The maximum absolute atomic E-state index is 12.9. The van der Waals surface area contributed by atoms with E-state index in [0.29, 0.717) is 58.0 Å². The van der Waals surface area contributed by atoms with E-state index in [0.717, 1.165) is 0 Å². The van der Waals surface area contributed by atoms with Crippen LogP contribution < -0.4 is 4.90 Å². The van der Waals surface area contributed by atoms with Crippen molar-refractivity contribution in [2.24, 2.45) is 0 Å². The molecule has 0 saturated carbocycles. The van der Waals surface area contributed by atoms with E-state index in [2.05, 4.69) is 10.3 Å². The second-order valence-electron chi connectivity index (χ2n) is 14.9. The third-order valence-corrected chi connectivity index (χ3v) is 7.07. The number of ether oxygens (including phenoxy) is 3. The summed E-state index contributed by atoms with van der Waals surface area (Å²) < 4.78 is 21.7. The maximum Gasteiger partial charge on any atom is 0.320 e. The summed E-state index contributed by atoms with van der Waals surface area (Å²) in [4.78, 5) is 57.7. The van der Waals surface area contributed by atoms with Crippen molar-refractivity contribution >= 4 is 40.3 Å². The summed E-state index contributed by atoms with van der Waals surface area (Å²) >= 11 is 0. The summed E-state index contributed by atoms with van der Waals surface area (Å²) in [6.45, 7) is 19.6. The van der Waals surface area contributed by atoms with Gasteiger partial charge in [0, 0.05) is 58.4 Å². The van der Waals surface area contributed by atoms with E-state index in [1.165, 1.54) is 6.07 Å². The third-order valence-electron chi connectivity index (χ3n) is 7.07. The van der Waals surface area contributed by atoms with Crippen molar-refractivity contribution < 1.29 is 38.1 Å². The largest absolute Gasteiger partial charge is 0.459 e. The lowest BCUT2D eigenvalue weighted by Crippen LogP contribution is -2.49. The van der Waals surface area contributed by atoms with Gasteiger partial charge in [0.05, 0.1) is 30.2 Å². The van der Waals surface area contributed by atoms with Crippen molar-refractivity contribution in [2.45, 2.75) is 79.1 Å². The Labute approximate surface area is 281 Å². The second kappa shape index (κ2) is 16.0. The molecule has 2 heterocycles. The van der Waals surface area contributed by atoms with Crippen LogP contribution in [-0.2, 0) is 28.6 Å². The molecule has 48 heavy (non-hydrogen) atoms. The quantitative estimate of drug-likeness (QED) is 0.173. The molecule has 0 spiro atoms. The van der Waals surface area contributed by atoms with Gasteiger partial charge in [-0.15, -0.1) is 0 Å². The topological polar surface area (TPSA) is 174 Å². The number of benzene rings is 1. The van der Waals surface area contributed by atoms with Crippen LogP contribution in [0.2, 0.25) is 0 Å². The van der Waals surface area contributed by atoms with Crippen LogP contribution in [0.15, 0.2) is 16.8 Å². The fourth-order valence-electron chi connectivity index (χ4n) is 5.16. The third kappa shape index (κ3) is 13.0. The number of hydrogen-bond acceptors (Lipinski definition) is 15. The van der Waals surface area contributed by atoms with Crippen molar-refractivity contribution in [1.82, 2.24) is 25.0 Å². The van der Waals surface area contributed by atoms with Crippen LogP contribution >= 0.6 is 0 Å². The minimum absolute atomic E-state index is 0.0113. The molecule has 1 aliphatic heterocycles. The van der Waals surface area contributed by atoms with Gasteiger partial charge in [0.25, 0.3) is 0 Å². The molecule has 0 bridgehead atoms. The number of carbonyl (C=O) groups excluding carboxylic acids is 3. The Morgan fingerprint density at radius 1 is 0.667 bits per heavy atom. The summed E-state index contributed by atoms with van der Waals surface area (Å²) in [6, 6.07) is 2.97. The lowest BCUT2D eigenvalue weighted by Gasteiger charge is -2.35. The molecule has 268 valence electrons. The van der Waals surface area contributed by atoms with E-state index in [9.17, 15) is 24.5 Å². The predicted molar refractivity (Wildman–Crippen MR) is 178 cm³/mol. The maximum atomic E-state index is 12.9. The Morgan fingerprint density at radius 3 is 1.38 bits per heavy atom. The lowest BCUT2D eigenvalue weighted by molar-refractivity contribution is -0.383. The number of nitro benzene ring substituents is 1. The average Bonchev–Trinajstić information content (AvgIpc) is 3.39. The first-order valence-corrected chi connectivity index (χ1v) is 16.2. The summed E-state index contributed by atoms with van der Waals surface area (Å²) in [6.07, 6.45) is 0. The molecule has 0 amide bonds. The summed E-state index contributed by atoms with van der Waals surface area (Å²) in [5.41, 5.74) is -1.39. The summed E-state index contributed by atoms with van der Waals surface area (Å²) in [7, 11) is 0. The molecule has 3 rings (SSSR count). The normalized spacial score (nSPS) is 17.0. The fraction of sp³-hybridized carbons (Fsp3) is 0.719. The summed E-state index contributed by atoms with van der Waals surface area (Å²) in [5.74, 6) is -1.15. The van der Waals surface area contributed by atoms with Gasteiger partial charge in [-0.2, -0.15) is 0 Å². The van der Waals surface area contributed by atoms with E-state index >= 15 is 0 Å². The molecule has 1 aromatic heterocycles. The minimum Gasteiger partial charge on any atom is -0.459 e. The standard InChI is InChI=1S/C32H51N7O9/c1-30(2,3)45-25(40)20-35-12-14-36(21-26(41)46-31(4,5)6)16-18-38(19-17-37(15-13-35)22-27(42)47-32(7,8)9)23-10-11-24(39(43)44)29-28(23)33-48-34-29/h10-11H,12-22H2,1-9H3. The number of rotatable bonds is 8.